The number of halogens is 1. The lowest BCUT2D eigenvalue weighted by Crippen LogP contribution is -2.52. The third-order valence-corrected chi connectivity index (χ3v) is 8.88. The van der Waals surface area contributed by atoms with Crippen molar-refractivity contribution in [1.82, 2.24) is 16.0 Å². The summed E-state index contributed by atoms with van der Waals surface area (Å²) in [7, 11) is 0. The van der Waals surface area contributed by atoms with Gasteiger partial charge < -0.3 is 25.8 Å². The van der Waals surface area contributed by atoms with Crippen LogP contribution in [-0.2, 0) is 20.8 Å². The lowest BCUT2D eigenvalue weighted by molar-refractivity contribution is -0.145. The number of rotatable bonds is 28. The van der Waals surface area contributed by atoms with Crippen molar-refractivity contribution >= 4 is 35.3 Å². The lowest BCUT2D eigenvalue weighted by Gasteiger charge is -2.27. The maximum absolute atomic E-state index is 13.1. The summed E-state index contributed by atoms with van der Waals surface area (Å²) >= 11 is 5.88. The predicted octanol–water partition coefficient (Wildman–Crippen LogP) is 9.80. The first-order chi connectivity index (χ1) is 27.5. The molecule has 2 aromatic carbocycles. The summed E-state index contributed by atoms with van der Waals surface area (Å²) in [5.41, 5.74) is 0.160. The maximum atomic E-state index is 13.1. The van der Waals surface area contributed by atoms with Gasteiger partial charge in [0.05, 0.1) is 0 Å². The molecule has 1 atom stereocenters. The Labute approximate surface area is 345 Å². The van der Waals surface area contributed by atoms with E-state index in [1.165, 1.54) is 0 Å². The number of carboxylic acids is 1. The van der Waals surface area contributed by atoms with Crippen LogP contribution in [0.5, 0.6) is 5.75 Å². The first kappa shape index (κ1) is 48.0. The van der Waals surface area contributed by atoms with Crippen LogP contribution in [0.2, 0.25) is 5.02 Å². The highest BCUT2D eigenvalue weighted by atomic mass is 35.5. The third kappa shape index (κ3) is 22.9. The largest absolute Gasteiger partial charge is 0.480 e. The van der Waals surface area contributed by atoms with Crippen LogP contribution in [0.25, 0.3) is 0 Å². The van der Waals surface area contributed by atoms with Crippen LogP contribution in [-0.4, -0.2) is 53.5 Å². The molecule has 0 aliphatic carbocycles. The zero-order valence-electron chi connectivity index (χ0n) is 33.9. The van der Waals surface area contributed by atoms with E-state index in [1.807, 2.05) is 18.2 Å². The number of aliphatic carboxylic acids is 1. The van der Waals surface area contributed by atoms with Gasteiger partial charge in [0.1, 0.15) is 11.8 Å². The number of carboxylic acid groups (broad SMARTS) is 1. The summed E-state index contributed by atoms with van der Waals surface area (Å²) in [5, 5.41) is 18.7. The molecule has 9 nitrogen and oxygen atoms in total. The average molecular weight is 800 g/mol. The third-order valence-electron chi connectivity index (χ3n) is 8.63. The Morgan fingerprint density at radius 1 is 0.719 bits per heavy atom. The molecule has 0 bridgehead atoms. The van der Waals surface area contributed by atoms with Crippen molar-refractivity contribution in [1.29, 1.82) is 0 Å². The molecule has 0 spiro atoms. The van der Waals surface area contributed by atoms with Crippen molar-refractivity contribution in [2.75, 3.05) is 13.1 Å². The molecule has 0 saturated heterocycles. The van der Waals surface area contributed by atoms with Gasteiger partial charge in [0.15, 0.2) is 5.60 Å². The highest BCUT2D eigenvalue weighted by Crippen LogP contribution is 2.20. The van der Waals surface area contributed by atoms with Crippen LogP contribution in [0.1, 0.15) is 107 Å². The number of hydrogen-bond acceptors (Lipinski definition) is 5. The molecule has 308 valence electrons. The van der Waals surface area contributed by atoms with E-state index in [1.54, 1.807) is 50.2 Å². The van der Waals surface area contributed by atoms with Gasteiger partial charge in [0, 0.05) is 30.1 Å². The number of benzene rings is 2. The Bertz CT molecular complexity index is 1670. The van der Waals surface area contributed by atoms with Gasteiger partial charge in [0.25, 0.3) is 11.8 Å². The van der Waals surface area contributed by atoms with Crippen LogP contribution in [0.3, 0.4) is 0 Å². The first-order valence-electron chi connectivity index (χ1n) is 20.0. The van der Waals surface area contributed by atoms with E-state index >= 15 is 0 Å². The summed E-state index contributed by atoms with van der Waals surface area (Å²) < 4.78 is 5.93. The number of carbonyl (C=O) groups excluding carboxylic acids is 3. The molecule has 57 heavy (non-hydrogen) atoms. The molecule has 10 heteroatoms. The first-order valence-corrected chi connectivity index (χ1v) is 20.4. The Morgan fingerprint density at radius 3 is 1.81 bits per heavy atom. The van der Waals surface area contributed by atoms with Gasteiger partial charge >= 0.3 is 5.97 Å². The van der Waals surface area contributed by atoms with Gasteiger partial charge in [-0.2, -0.15) is 0 Å². The van der Waals surface area contributed by atoms with Crippen molar-refractivity contribution in [3.63, 3.8) is 0 Å². The minimum atomic E-state index is -1.33. The molecule has 4 N–H and O–H groups in total. The monoisotopic (exact) mass is 799 g/mol. The van der Waals surface area contributed by atoms with Crippen molar-refractivity contribution in [2.24, 2.45) is 0 Å². The van der Waals surface area contributed by atoms with Crippen molar-refractivity contribution < 1.29 is 29.0 Å². The smallest absolute Gasteiger partial charge is 0.326 e. The van der Waals surface area contributed by atoms with E-state index in [2.05, 4.69) is 89.7 Å². The average Bonchev–Trinajstić information content (AvgIpc) is 3.18. The van der Waals surface area contributed by atoms with E-state index in [9.17, 15) is 24.3 Å². The summed E-state index contributed by atoms with van der Waals surface area (Å²) in [6.45, 7) is 6.17. The summed E-state index contributed by atoms with van der Waals surface area (Å²) in [4.78, 5) is 49.5. The molecular formula is C47H62ClN3O6. The number of unbranched alkanes of at least 4 members (excludes halogenated alkanes) is 1. The molecular weight excluding hydrogens is 738 g/mol. The topological polar surface area (TPSA) is 134 Å². The quantitative estimate of drug-likeness (QED) is 0.0501. The number of hydrogen-bond donors (Lipinski definition) is 4. The minimum absolute atomic E-state index is 0.0505. The molecule has 0 aromatic heterocycles. The van der Waals surface area contributed by atoms with Crippen molar-refractivity contribution in [3.8, 4) is 5.75 Å². The number of allylic oxidation sites excluding steroid dienone is 12. The second kappa shape index (κ2) is 29.1. The normalized spacial score (nSPS) is 12.7. The van der Waals surface area contributed by atoms with Gasteiger partial charge in [-0.15, -0.1) is 0 Å². The Kier molecular flexibility index (Phi) is 24.5. The molecule has 0 aliphatic rings. The number of nitrogens with one attached hydrogen (secondary N) is 3. The number of amides is 3. The summed E-state index contributed by atoms with van der Waals surface area (Å²) in [6, 6.07) is 12.7. The minimum Gasteiger partial charge on any atom is -0.480 e. The second-order valence-electron chi connectivity index (χ2n) is 13.9. The molecule has 1 unspecified atom stereocenters. The standard InChI is InChI=1S/C47H62ClN3O6/c1-4-5-6-7-8-9-10-11-12-13-14-15-16-17-18-19-20-21-22-26-43(52)49-36-24-23-25-42(45(54)55)51-46(56)47(2,3)57-41-33-27-38(28-34-41)35-37-50-44(53)39-29-31-40(48)32-30-39/h5-6,8-9,11-12,14-15,17-18,20-21,27-34,42H,4,7,10,13,16,19,22-26,35-37H2,1-3H3,(H,49,52)(H,50,53)(H,51,56)(H,54,55)/b6-5-,9-8-,12-11-,15-14-,18-17-,21-20-. The van der Waals surface area contributed by atoms with E-state index in [-0.39, 0.29) is 18.2 Å². The molecule has 3 amide bonds. The van der Waals surface area contributed by atoms with Gasteiger partial charge in [-0.05, 0) is 126 Å². The van der Waals surface area contributed by atoms with Gasteiger partial charge in [-0.3, -0.25) is 14.4 Å². The molecule has 0 fully saturated rings. The Hall–Kier alpha value is -5.15. The van der Waals surface area contributed by atoms with E-state index < -0.39 is 23.5 Å². The fourth-order valence-corrected chi connectivity index (χ4v) is 5.45. The van der Waals surface area contributed by atoms with Gasteiger partial charge in [-0.25, -0.2) is 4.79 Å². The molecule has 0 radical (unpaired) electrons. The van der Waals surface area contributed by atoms with Crippen molar-refractivity contribution in [2.45, 2.75) is 109 Å². The van der Waals surface area contributed by atoms with Crippen LogP contribution < -0.4 is 20.7 Å². The number of carbonyl (C=O) groups is 4. The molecule has 0 aliphatic heterocycles. The zero-order chi connectivity index (χ0) is 41.6. The molecule has 0 heterocycles. The summed E-state index contributed by atoms with van der Waals surface area (Å²) in [6.07, 6.45) is 34.4. The molecule has 0 saturated carbocycles. The highest BCUT2D eigenvalue weighted by Gasteiger charge is 2.33. The van der Waals surface area contributed by atoms with Crippen LogP contribution in [0.4, 0.5) is 0 Å². The fraction of sp³-hybridized carbons (Fsp3) is 0.404. The Morgan fingerprint density at radius 2 is 1.26 bits per heavy atom. The van der Waals surface area contributed by atoms with E-state index in [0.717, 1.165) is 44.1 Å². The molecule has 2 aromatic rings. The van der Waals surface area contributed by atoms with Gasteiger partial charge in [0.2, 0.25) is 5.91 Å². The predicted molar refractivity (Wildman–Crippen MR) is 233 cm³/mol. The zero-order valence-corrected chi connectivity index (χ0v) is 34.6. The van der Waals surface area contributed by atoms with Gasteiger partial charge in [-0.1, -0.05) is 104 Å². The van der Waals surface area contributed by atoms with E-state index in [4.69, 9.17) is 16.3 Å². The molecule has 2 rings (SSSR count). The van der Waals surface area contributed by atoms with Crippen LogP contribution in [0.15, 0.2) is 121 Å². The van der Waals surface area contributed by atoms with Crippen LogP contribution in [0, 0.1) is 0 Å². The van der Waals surface area contributed by atoms with Crippen molar-refractivity contribution in [3.05, 3.63) is 138 Å². The van der Waals surface area contributed by atoms with E-state index in [0.29, 0.717) is 61.5 Å². The Balaban J connectivity index is 1.57. The lowest BCUT2D eigenvalue weighted by atomic mass is 10.1. The second-order valence-corrected chi connectivity index (χ2v) is 14.4. The SMILES string of the molecule is CC/C=C\C/C=C\C/C=C\C/C=C\C/C=C\C/C=C\CCC(=O)NCCCCC(NC(=O)C(C)(C)Oc1ccc(CCNC(=O)c2ccc(Cl)cc2)cc1)C(=O)O. The maximum Gasteiger partial charge on any atom is 0.326 e. The van der Waals surface area contributed by atoms with Crippen LogP contribution >= 0.6 is 11.6 Å². The number of ether oxygens (including phenoxy) is 1. The highest BCUT2D eigenvalue weighted by molar-refractivity contribution is 6.30. The summed E-state index contributed by atoms with van der Waals surface area (Å²) in [5.74, 6) is -1.47. The fourth-order valence-electron chi connectivity index (χ4n) is 5.32.